The minimum atomic E-state index is -4.64. The number of carboxylic acids is 3. The Hall–Kier alpha value is 1.77. The van der Waals surface area contributed by atoms with Gasteiger partial charge in [0.15, 0.2) is 5.60 Å². The Balaban J connectivity index is -0.0000000627. The van der Waals surface area contributed by atoms with Crippen LogP contribution in [0.1, 0.15) is 12.8 Å². The van der Waals surface area contributed by atoms with E-state index in [0.717, 1.165) is 0 Å². The maximum absolute atomic E-state index is 10.3. The number of aliphatic hydroxyl groups is 1. The average molecular weight is 399 g/mol. The molecule has 0 saturated carbocycles. The number of hydrogen-bond donors (Lipinski definition) is 7. The third kappa shape index (κ3) is 29.7. The van der Waals surface area contributed by atoms with Gasteiger partial charge in [-0.25, -0.2) is 9.36 Å². The molecule has 0 aliphatic carbocycles. The number of halogens is 1. The van der Waals surface area contributed by atoms with E-state index in [0.29, 0.717) is 0 Å². The number of carboxylic acid groups (broad SMARTS) is 3. The van der Waals surface area contributed by atoms with Crippen molar-refractivity contribution < 1.29 is 54.1 Å². The third-order valence-electron chi connectivity index (χ3n) is 1.29. The van der Waals surface area contributed by atoms with Gasteiger partial charge >= 0.3 is 114 Å². The Labute approximate surface area is 197 Å². The van der Waals surface area contributed by atoms with Gasteiger partial charge in [-0.3, -0.25) is 9.59 Å². The van der Waals surface area contributed by atoms with Crippen LogP contribution < -0.4 is 0 Å². The molecular weight excluding hydrogens is 383 g/mol. The van der Waals surface area contributed by atoms with Crippen LogP contribution in [-0.2, 0) is 18.9 Å². The molecule has 0 bridgehead atoms. The standard InChI is InChI=1S/C6H8O7.ClH.3Na.H3O4P.3H/c7-3(8)1-6(13,5(11)12)2-4(9)10;;;;;1-5(2,3)4;;;/h13H,1-2H2,(H,7,8)(H,9,10)(H,11,12);1H;;;;(H3,1,2,3,4);;;. The van der Waals surface area contributed by atoms with Crippen molar-refractivity contribution in [1.82, 2.24) is 0 Å². The first-order chi connectivity index (χ1) is 7.78. The fourth-order valence-electron chi connectivity index (χ4n) is 0.714. The average Bonchev–Trinajstić information content (AvgIpc) is 1.95. The van der Waals surface area contributed by atoms with Gasteiger partial charge in [-0.15, -0.1) is 12.4 Å². The van der Waals surface area contributed by atoms with E-state index in [1.54, 1.807) is 0 Å². The summed E-state index contributed by atoms with van der Waals surface area (Å²) in [5.41, 5.74) is -2.74. The predicted molar refractivity (Wildman–Crippen MR) is 80.0 cm³/mol. The van der Waals surface area contributed by atoms with Crippen LogP contribution >= 0.6 is 20.2 Å². The van der Waals surface area contributed by atoms with Gasteiger partial charge in [0.25, 0.3) is 0 Å². The molecule has 0 aromatic heterocycles. The van der Waals surface area contributed by atoms with Gasteiger partial charge in [0, 0.05) is 0 Å². The Morgan fingerprint density at radius 3 is 1.09 bits per heavy atom. The van der Waals surface area contributed by atoms with Crippen LogP contribution in [0, 0.1) is 0 Å². The van der Waals surface area contributed by atoms with E-state index in [1.165, 1.54) is 0 Å². The summed E-state index contributed by atoms with van der Waals surface area (Å²) >= 11 is 0. The summed E-state index contributed by atoms with van der Waals surface area (Å²) < 4.78 is 8.88. The van der Waals surface area contributed by atoms with Crippen molar-refractivity contribution in [2.75, 3.05) is 0 Å². The van der Waals surface area contributed by atoms with Crippen molar-refractivity contribution in [1.29, 1.82) is 0 Å². The molecule has 0 fully saturated rings. The first kappa shape index (κ1) is 39.0. The van der Waals surface area contributed by atoms with Crippen LogP contribution in [0.5, 0.6) is 0 Å². The molecule has 0 spiro atoms. The van der Waals surface area contributed by atoms with E-state index in [1.807, 2.05) is 0 Å². The Morgan fingerprint density at radius 1 is 0.818 bits per heavy atom. The van der Waals surface area contributed by atoms with Crippen LogP contribution in [-0.4, -0.2) is 147 Å². The fraction of sp³-hybridized carbons (Fsp3) is 0.500. The summed E-state index contributed by atoms with van der Waals surface area (Å²) in [6.45, 7) is 0. The van der Waals surface area contributed by atoms with Gasteiger partial charge in [0.2, 0.25) is 0 Å². The molecule has 11 nitrogen and oxygen atoms in total. The van der Waals surface area contributed by atoms with Crippen LogP contribution in [0.3, 0.4) is 0 Å². The monoisotopic (exact) mass is 398 g/mol. The zero-order chi connectivity index (χ0) is 15.1. The van der Waals surface area contributed by atoms with Gasteiger partial charge in [-0.2, -0.15) is 0 Å². The molecule has 22 heavy (non-hydrogen) atoms. The number of aliphatic carboxylic acids is 3. The summed E-state index contributed by atoms with van der Waals surface area (Å²) in [7, 11) is -4.64. The SMILES string of the molecule is Cl.O=C(O)CC(O)(CC(=O)O)C(=O)O.O=P(O)(O)O.[NaH].[NaH].[NaH]. The van der Waals surface area contributed by atoms with Crippen molar-refractivity contribution in [3.8, 4) is 0 Å². The summed E-state index contributed by atoms with van der Waals surface area (Å²) in [5.74, 6) is -5.02. The molecule has 0 aliphatic heterocycles. The first-order valence-electron chi connectivity index (χ1n) is 3.95. The second-order valence-corrected chi connectivity index (χ2v) is 4.02. The molecule has 0 heterocycles. The van der Waals surface area contributed by atoms with Gasteiger partial charge < -0.3 is 35.1 Å². The van der Waals surface area contributed by atoms with Crippen LogP contribution in [0.4, 0.5) is 0 Å². The van der Waals surface area contributed by atoms with Gasteiger partial charge in [0.05, 0.1) is 12.8 Å². The summed E-state index contributed by atoms with van der Waals surface area (Å²) in [6.07, 6.45) is -2.29. The second kappa shape index (κ2) is 17.6. The Bertz CT molecular complexity index is 362. The van der Waals surface area contributed by atoms with E-state index in [4.69, 9.17) is 39.7 Å². The summed E-state index contributed by atoms with van der Waals surface area (Å²) in [4.78, 5) is 52.0. The molecular formula is C6H15ClNa3O11P. The minimum absolute atomic E-state index is 0. The van der Waals surface area contributed by atoms with Crippen molar-refractivity contribution in [3.63, 3.8) is 0 Å². The normalized spacial score (nSPS) is 9.09. The fourth-order valence-corrected chi connectivity index (χ4v) is 0.714. The van der Waals surface area contributed by atoms with Crippen LogP contribution in [0.15, 0.2) is 0 Å². The first-order valence-corrected chi connectivity index (χ1v) is 5.52. The molecule has 0 aromatic rings. The summed E-state index contributed by atoms with van der Waals surface area (Å²) in [6, 6.07) is 0. The topological polar surface area (TPSA) is 210 Å². The number of hydrogen-bond acceptors (Lipinski definition) is 5. The molecule has 120 valence electrons. The molecule has 7 N–H and O–H groups in total. The quantitative estimate of drug-likeness (QED) is 0.177. The van der Waals surface area contributed by atoms with Crippen molar-refractivity contribution in [3.05, 3.63) is 0 Å². The molecule has 0 atom stereocenters. The second-order valence-electron chi connectivity index (χ2n) is 2.99. The van der Waals surface area contributed by atoms with E-state index in [-0.39, 0.29) is 101 Å². The van der Waals surface area contributed by atoms with E-state index in [9.17, 15) is 14.4 Å². The number of phosphoric acid groups is 1. The molecule has 0 amide bonds. The van der Waals surface area contributed by atoms with Gasteiger partial charge in [0.1, 0.15) is 0 Å². The number of carbonyl (C=O) groups is 3. The zero-order valence-electron chi connectivity index (χ0n) is 9.03. The molecule has 16 heteroatoms. The Morgan fingerprint density at radius 2 is 1.00 bits per heavy atom. The zero-order valence-corrected chi connectivity index (χ0v) is 10.7. The van der Waals surface area contributed by atoms with Crippen molar-refractivity contribution in [2.45, 2.75) is 18.4 Å². The predicted octanol–water partition coefficient (Wildman–Crippen LogP) is -3.70. The molecule has 0 saturated heterocycles. The third-order valence-corrected chi connectivity index (χ3v) is 1.29. The van der Waals surface area contributed by atoms with Crippen LogP contribution in [0.25, 0.3) is 0 Å². The Kier molecular flexibility index (Phi) is 31.2. The number of rotatable bonds is 5. The van der Waals surface area contributed by atoms with Gasteiger partial charge in [-0.05, 0) is 0 Å². The van der Waals surface area contributed by atoms with Gasteiger partial charge in [-0.1, -0.05) is 0 Å². The molecule has 0 rings (SSSR count). The van der Waals surface area contributed by atoms with E-state index in [2.05, 4.69) is 0 Å². The molecule has 0 aliphatic rings. The van der Waals surface area contributed by atoms with Crippen LogP contribution in [0.2, 0.25) is 0 Å². The molecule has 0 radical (unpaired) electrons. The maximum atomic E-state index is 10.3. The molecule has 0 unspecified atom stereocenters. The van der Waals surface area contributed by atoms with Crippen molar-refractivity contribution >= 4 is 127 Å². The summed E-state index contributed by atoms with van der Waals surface area (Å²) in [5, 5.41) is 33.8. The van der Waals surface area contributed by atoms with E-state index < -0.39 is 44.2 Å². The van der Waals surface area contributed by atoms with E-state index >= 15 is 0 Å². The van der Waals surface area contributed by atoms with Crippen molar-refractivity contribution in [2.24, 2.45) is 0 Å². The molecule has 0 aromatic carbocycles.